The molecule has 5 heteroatoms. The van der Waals surface area contributed by atoms with Gasteiger partial charge in [-0.1, -0.05) is 18.2 Å². The molecule has 1 aromatic rings. The first kappa shape index (κ1) is 19.2. The topological polar surface area (TPSA) is 36.0 Å². The minimum Gasteiger partial charge on any atom is -0.494 e. The Bertz CT molecular complexity index is 580. The maximum absolute atomic E-state index is 12.1. The minimum absolute atomic E-state index is 0.166. The third-order valence-corrected chi connectivity index (χ3v) is 6.10. The van der Waals surface area contributed by atoms with Gasteiger partial charge in [0, 0.05) is 45.2 Å². The third kappa shape index (κ3) is 4.77. The summed E-state index contributed by atoms with van der Waals surface area (Å²) in [4.78, 5) is 19.1. The Balaban J connectivity index is 1.43. The van der Waals surface area contributed by atoms with Gasteiger partial charge in [-0.3, -0.25) is 9.69 Å². The fourth-order valence-corrected chi connectivity index (χ4v) is 4.18. The molecule has 2 aliphatic rings. The van der Waals surface area contributed by atoms with Crippen molar-refractivity contribution in [2.24, 2.45) is 0 Å². The van der Waals surface area contributed by atoms with Gasteiger partial charge in [0.25, 0.3) is 0 Å². The molecule has 0 aromatic heterocycles. The summed E-state index contributed by atoms with van der Waals surface area (Å²) in [5.41, 5.74) is 0.166. The molecule has 0 radical (unpaired) electrons. The van der Waals surface area contributed by atoms with E-state index in [0.717, 1.165) is 70.8 Å². The fourth-order valence-electron chi connectivity index (χ4n) is 4.18. The molecule has 1 atom stereocenters. The number of piperazine rings is 1. The molecule has 1 aromatic carbocycles. The first-order valence-electron chi connectivity index (χ1n) is 9.94. The van der Waals surface area contributed by atoms with Gasteiger partial charge in [-0.2, -0.15) is 0 Å². The van der Waals surface area contributed by atoms with Crippen LogP contribution in [0.4, 0.5) is 0 Å². The van der Waals surface area contributed by atoms with E-state index in [0.29, 0.717) is 12.3 Å². The molecule has 2 aliphatic heterocycles. The van der Waals surface area contributed by atoms with Crippen LogP contribution in [0.2, 0.25) is 0 Å². The van der Waals surface area contributed by atoms with Crippen LogP contribution in [0, 0.1) is 0 Å². The molecule has 5 nitrogen and oxygen atoms in total. The Kier molecular flexibility index (Phi) is 6.54. The van der Waals surface area contributed by atoms with Crippen molar-refractivity contribution in [2.45, 2.75) is 37.6 Å². The van der Waals surface area contributed by atoms with Crippen molar-refractivity contribution in [1.29, 1.82) is 0 Å². The van der Waals surface area contributed by atoms with Crippen molar-refractivity contribution in [3.8, 4) is 5.75 Å². The van der Waals surface area contributed by atoms with E-state index in [4.69, 9.17) is 4.74 Å². The Morgan fingerprint density at radius 1 is 1.04 bits per heavy atom. The maximum Gasteiger partial charge on any atom is 0.222 e. The number of nitrogens with zero attached hydrogens (tertiary/aromatic N) is 3. The van der Waals surface area contributed by atoms with E-state index in [2.05, 4.69) is 16.8 Å². The fraction of sp³-hybridized carbons (Fsp3) is 0.667. The van der Waals surface area contributed by atoms with Crippen molar-refractivity contribution >= 4 is 5.91 Å². The second-order valence-corrected chi connectivity index (χ2v) is 7.86. The van der Waals surface area contributed by atoms with Crippen LogP contribution < -0.4 is 4.74 Å². The maximum atomic E-state index is 12.1. The molecule has 0 unspecified atom stereocenters. The molecule has 2 saturated heterocycles. The number of para-hydroxylation sites is 1. The highest BCUT2D eigenvalue weighted by Gasteiger charge is 2.41. The summed E-state index contributed by atoms with van der Waals surface area (Å²) < 4.78 is 5.79. The summed E-state index contributed by atoms with van der Waals surface area (Å²) in [5, 5.41) is 0. The number of unbranched alkanes of at least 4 members (excludes halogenated alkanes) is 1. The molecule has 0 aliphatic carbocycles. The zero-order chi connectivity index (χ0) is 18.4. The lowest BCUT2D eigenvalue weighted by molar-refractivity contribution is -0.129. The zero-order valence-electron chi connectivity index (χ0n) is 16.3. The molecular formula is C21H33N3O2. The number of likely N-dealkylation sites (tertiary alicyclic amines) is 1. The van der Waals surface area contributed by atoms with Crippen LogP contribution in [0.25, 0.3) is 0 Å². The van der Waals surface area contributed by atoms with E-state index in [9.17, 15) is 4.79 Å². The van der Waals surface area contributed by atoms with Crippen LogP contribution in [-0.4, -0.2) is 79.6 Å². The Labute approximate surface area is 157 Å². The van der Waals surface area contributed by atoms with Gasteiger partial charge in [-0.25, -0.2) is 0 Å². The summed E-state index contributed by atoms with van der Waals surface area (Å²) in [6.45, 7) is 6.09. The monoisotopic (exact) mass is 359 g/mol. The second-order valence-electron chi connectivity index (χ2n) is 7.86. The number of hydrogen-bond acceptors (Lipinski definition) is 4. The molecule has 2 heterocycles. The quantitative estimate of drug-likeness (QED) is 0.731. The summed E-state index contributed by atoms with van der Waals surface area (Å²) in [6.07, 6.45) is 4.99. The zero-order valence-corrected chi connectivity index (χ0v) is 16.3. The second kappa shape index (κ2) is 8.87. The normalized spacial score (nSPS) is 25.5. The number of ether oxygens (including phenoxy) is 1. The largest absolute Gasteiger partial charge is 0.494 e. The van der Waals surface area contributed by atoms with Gasteiger partial charge in [0.1, 0.15) is 5.75 Å². The molecule has 0 saturated carbocycles. The van der Waals surface area contributed by atoms with Crippen molar-refractivity contribution in [1.82, 2.24) is 14.7 Å². The van der Waals surface area contributed by atoms with Crippen molar-refractivity contribution in [3.05, 3.63) is 30.3 Å². The van der Waals surface area contributed by atoms with Gasteiger partial charge in [0.2, 0.25) is 5.91 Å². The number of benzene rings is 1. The van der Waals surface area contributed by atoms with Crippen LogP contribution in [0.15, 0.2) is 30.3 Å². The Morgan fingerprint density at radius 2 is 1.85 bits per heavy atom. The lowest BCUT2D eigenvalue weighted by Crippen LogP contribution is -2.61. The number of hydrogen-bond donors (Lipinski definition) is 0. The number of rotatable bonds is 6. The van der Waals surface area contributed by atoms with Crippen LogP contribution in [-0.2, 0) is 4.79 Å². The number of likely N-dealkylation sites (N-methyl/N-ethyl adjacent to an activating group) is 1. The summed E-state index contributed by atoms with van der Waals surface area (Å²) in [6, 6.07) is 10.0. The van der Waals surface area contributed by atoms with Gasteiger partial charge in [0.05, 0.1) is 6.61 Å². The first-order chi connectivity index (χ1) is 12.6. The van der Waals surface area contributed by atoms with Crippen LogP contribution in [0.3, 0.4) is 0 Å². The van der Waals surface area contributed by atoms with Gasteiger partial charge >= 0.3 is 0 Å². The average Bonchev–Trinajstić information content (AvgIpc) is 2.80. The van der Waals surface area contributed by atoms with Gasteiger partial charge in [-0.05, 0) is 51.4 Å². The molecule has 0 bridgehead atoms. The third-order valence-electron chi connectivity index (χ3n) is 6.10. The molecule has 1 amide bonds. The molecule has 3 rings (SSSR count). The van der Waals surface area contributed by atoms with E-state index in [1.807, 2.05) is 42.3 Å². The van der Waals surface area contributed by atoms with Crippen LogP contribution >= 0.6 is 0 Å². The highest BCUT2D eigenvalue weighted by molar-refractivity contribution is 5.76. The van der Waals surface area contributed by atoms with E-state index in [1.54, 1.807) is 0 Å². The van der Waals surface area contributed by atoms with Gasteiger partial charge in [0.15, 0.2) is 0 Å². The van der Waals surface area contributed by atoms with Crippen molar-refractivity contribution < 1.29 is 9.53 Å². The predicted octanol–water partition coefficient (Wildman–Crippen LogP) is 2.47. The molecule has 144 valence electrons. The van der Waals surface area contributed by atoms with E-state index in [1.165, 1.54) is 0 Å². The summed E-state index contributed by atoms with van der Waals surface area (Å²) in [7, 11) is 4.18. The van der Waals surface area contributed by atoms with Gasteiger partial charge < -0.3 is 14.5 Å². The number of amides is 1. The molecule has 1 spiro atoms. The molecule has 2 fully saturated rings. The van der Waals surface area contributed by atoms with E-state index >= 15 is 0 Å². The van der Waals surface area contributed by atoms with Crippen molar-refractivity contribution in [3.63, 3.8) is 0 Å². The standard InChI is InChI=1S/C21H33N3O2/c1-22-14-12-21(11-10-20(22)25)18-24(16-15-23(21)2)13-6-7-17-26-19-8-4-3-5-9-19/h3-5,8-9H,6-7,10-18H2,1-2H3/t21-/m0/s1. The first-order valence-corrected chi connectivity index (χ1v) is 9.94. The minimum atomic E-state index is 0.166. The number of carbonyl (C=O) groups is 1. The average molecular weight is 360 g/mol. The summed E-state index contributed by atoms with van der Waals surface area (Å²) >= 11 is 0. The lowest BCUT2D eigenvalue weighted by atomic mass is 9.86. The van der Waals surface area contributed by atoms with E-state index < -0.39 is 0 Å². The lowest BCUT2D eigenvalue weighted by Gasteiger charge is -2.49. The Morgan fingerprint density at radius 3 is 2.65 bits per heavy atom. The summed E-state index contributed by atoms with van der Waals surface area (Å²) in [5.74, 6) is 1.25. The smallest absolute Gasteiger partial charge is 0.222 e. The highest BCUT2D eigenvalue weighted by atomic mass is 16.5. The van der Waals surface area contributed by atoms with E-state index in [-0.39, 0.29) is 5.54 Å². The molecule has 26 heavy (non-hydrogen) atoms. The van der Waals surface area contributed by atoms with Crippen LogP contribution in [0.5, 0.6) is 5.75 Å². The van der Waals surface area contributed by atoms with Crippen LogP contribution in [0.1, 0.15) is 32.1 Å². The highest BCUT2D eigenvalue weighted by Crippen LogP contribution is 2.31. The number of carbonyl (C=O) groups excluding carboxylic acids is 1. The Hall–Kier alpha value is -1.59. The molecular weight excluding hydrogens is 326 g/mol. The predicted molar refractivity (Wildman–Crippen MR) is 104 cm³/mol. The van der Waals surface area contributed by atoms with Crippen molar-refractivity contribution in [2.75, 3.05) is 53.4 Å². The molecule has 0 N–H and O–H groups in total. The van der Waals surface area contributed by atoms with Gasteiger partial charge in [-0.15, -0.1) is 0 Å². The SMILES string of the molecule is CN1CC[C@@]2(CCC1=O)CN(CCCCOc1ccccc1)CCN2C.